The van der Waals surface area contributed by atoms with Crippen molar-refractivity contribution in [3.8, 4) is 5.88 Å². The molecule has 1 aliphatic carbocycles. The van der Waals surface area contributed by atoms with Crippen molar-refractivity contribution in [2.45, 2.75) is 32.3 Å². The number of rotatable bonds is 3. The molecule has 0 bridgehead atoms. The third-order valence-electron chi connectivity index (χ3n) is 3.76. The fourth-order valence-electron chi connectivity index (χ4n) is 2.74. The molecule has 0 saturated heterocycles. The molecular weight excluding hydrogens is 250 g/mol. The Hall–Kier alpha value is -2.16. The summed E-state index contributed by atoms with van der Waals surface area (Å²) in [5.74, 6) is 0.623. The number of aldehydes is 1. The van der Waals surface area contributed by atoms with Crippen molar-refractivity contribution in [2.24, 2.45) is 0 Å². The molecule has 0 N–H and O–H groups in total. The van der Waals surface area contributed by atoms with Gasteiger partial charge in [-0.2, -0.15) is 0 Å². The van der Waals surface area contributed by atoms with Gasteiger partial charge in [0.15, 0.2) is 6.29 Å². The summed E-state index contributed by atoms with van der Waals surface area (Å²) in [5.41, 5.74) is 4.11. The number of aromatic nitrogens is 1. The van der Waals surface area contributed by atoms with Crippen LogP contribution < -0.4 is 4.74 Å². The zero-order valence-electron chi connectivity index (χ0n) is 11.5. The molecule has 1 heterocycles. The average Bonchev–Trinajstić information content (AvgIpc) is 2.49. The topological polar surface area (TPSA) is 39.2 Å². The quantitative estimate of drug-likeness (QED) is 0.797. The minimum Gasteiger partial charge on any atom is -0.469 e. The van der Waals surface area contributed by atoms with Gasteiger partial charge in [-0.25, -0.2) is 4.98 Å². The molecule has 20 heavy (non-hydrogen) atoms. The summed E-state index contributed by atoms with van der Waals surface area (Å²) in [4.78, 5) is 15.0. The highest BCUT2D eigenvalue weighted by molar-refractivity contribution is 5.74. The standard InChI is InChI=1S/C17H17NO2/c1-12-9-13(11-19)10-18-17(12)20-16-8-4-6-14-5-2-3-7-15(14)16/h2-3,5,7,9-11,16H,4,6,8H2,1H3. The maximum atomic E-state index is 10.7. The molecule has 1 unspecified atom stereocenters. The molecule has 1 aromatic heterocycles. The van der Waals surface area contributed by atoms with Crippen molar-refractivity contribution in [2.75, 3.05) is 0 Å². The molecule has 3 rings (SSSR count). The van der Waals surface area contributed by atoms with Crippen molar-refractivity contribution in [3.05, 3.63) is 58.8 Å². The molecule has 0 spiro atoms. The molecule has 3 nitrogen and oxygen atoms in total. The van der Waals surface area contributed by atoms with Crippen LogP contribution in [0.3, 0.4) is 0 Å². The summed E-state index contributed by atoms with van der Waals surface area (Å²) in [7, 11) is 0. The number of carbonyl (C=O) groups is 1. The van der Waals surface area contributed by atoms with Crippen LogP contribution in [0.2, 0.25) is 0 Å². The molecule has 1 aromatic carbocycles. The maximum absolute atomic E-state index is 10.7. The Morgan fingerprint density at radius 1 is 1.35 bits per heavy atom. The van der Waals surface area contributed by atoms with E-state index in [4.69, 9.17) is 4.74 Å². The monoisotopic (exact) mass is 267 g/mol. The average molecular weight is 267 g/mol. The number of fused-ring (bicyclic) bond motifs is 1. The molecular formula is C17H17NO2. The van der Waals surface area contributed by atoms with Crippen molar-refractivity contribution >= 4 is 6.29 Å². The van der Waals surface area contributed by atoms with Crippen molar-refractivity contribution in [1.82, 2.24) is 4.98 Å². The lowest BCUT2D eigenvalue weighted by molar-refractivity contribution is 0.112. The van der Waals surface area contributed by atoms with Gasteiger partial charge in [0.1, 0.15) is 6.10 Å². The van der Waals surface area contributed by atoms with Crippen LogP contribution in [-0.2, 0) is 6.42 Å². The smallest absolute Gasteiger partial charge is 0.216 e. The summed E-state index contributed by atoms with van der Waals surface area (Å²) in [6, 6.07) is 10.2. The van der Waals surface area contributed by atoms with Gasteiger partial charge >= 0.3 is 0 Å². The van der Waals surface area contributed by atoms with E-state index in [1.54, 1.807) is 6.20 Å². The second-order valence-electron chi connectivity index (χ2n) is 5.21. The molecule has 1 aliphatic rings. The van der Waals surface area contributed by atoms with Crippen molar-refractivity contribution in [3.63, 3.8) is 0 Å². The minimum absolute atomic E-state index is 0.0632. The van der Waals surface area contributed by atoms with E-state index in [-0.39, 0.29) is 6.10 Å². The van der Waals surface area contributed by atoms with Crippen LogP contribution in [-0.4, -0.2) is 11.3 Å². The summed E-state index contributed by atoms with van der Waals surface area (Å²) in [6.45, 7) is 1.92. The van der Waals surface area contributed by atoms with E-state index in [0.717, 1.165) is 31.1 Å². The zero-order chi connectivity index (χ0) is 13.9. The number of pyridine rings is 1. The Labute approximate surface area is 118 Å². The van der Waals surface area contributed by atoms with Crippen LogP contribution in [0.25, 0.3) is 0 Å². The van der Waals surface area contributed by atoms with E-state index >= 15 is 0 Å². The predicted octanol–water partition coefficient (Wildman–Crippen LogP) is 3.66. The van der Waals surface area contributed by atoms with Gasteiger partial charge in [-0.05, 0) is 43.4 Å². The Bertz CT molecular complexity index is 637. The number of aryl methyl sites for hydroxylation is 2. The third-order valence-corrected chi connectivity index (χ3v) is 3.76. The number of nitrogens with zero attached hydrogens (tertiary/aromatic N) is 1. The Kier molecular flexibility index (Phi) is 3.50. The Morgan fingerprint density at radius 3 is 3.00 bits per heavy atom. The van der Waals surface area contributed by atoms with Gasteiger partial charge < -0.3 is 4.74 Å². The molecule has 0 amide bonds. The number of hydrogen-bond acceptors (Lipinski definition) is 3. The van der Waals surface area contributed by atoms with Gasteiger partial charge in [0.25, 0.3) is 0 Å². The summed E-state index contributed by atoms with van der Waals surface area (Å²) in [6.07, 6.45) is 5.69. The van der Waals surface area contributed by atoms with Crippen LogP contribution in [0.15, 0.2) is 36.5 Å². The second kappa shape index (κ2) is 5.45. The van der Waals surface area contributed by atoms with E-state index < -0.39 is 0 Å². The SMILES string of the molecule is Cc1cc(C=O)cnc1OC1CCCc2ccccc21. The Morgan fingerprint density at radius 2 is 2.20 bits per heavy atom. The van der Waals surface area contributed by atoms with Crippen molar-refractivity contribution in [1.29, 1.82) is 0 Å². The first-order chi connectivity index (χ1) is 9.78. The van der Waals surface area contributed by atoms with Crippen LogP contribution in [0.5, 0.6) is 5.88 Å². The van der Waals surface area contributed by atoms with Gasteiger partial charge in [-0.15, -0.1) is 0 Å². The molecule has 0 aliphatic heterocycles. The van der Waals surface area contributed by atoms with Gasteiger partial charge in [0.2, 0.25) is 5.88 Å². The van der Waals surface area contributed by atoms with Crippen LogP contribution in [0.4, 0.5) is 0 Å². The number of ether oxygens (including phenoxy) is 1. The number of benzene rings is 1. The largest absolute Gasteiger partial charge is 0.469 e. The second-order valence-corrected chi connectivity index (χ2v) is 5.21. The van der Waals surface area contributed by atoms with E-state index in [0.29, 0.717) is 11.4 Å². The van der Waals surface area contributed by atoms with Gasteiger partial charge in [-0.3, -0.25) is 4.79 Å². The fourth-order valence-corrected chi connectivity index (χ4v) is 2.74. The highest BCUT2D eigenvalue weighted by Crippen LogP contribution is 2.33. The lowest BCUT2D eigenvalue weighted by Crippen LogP contribution is -2.16. The summed E-state index contributed by atoms with van der Waals surface area (Å²) < 4.78 is 6.09. The molecule has 102 valence electrons. The fraction of sp³-hybridized carbons (Fsp3) is 0.294. The first kappa shape index (κ1) is 12.9. The van der Waals surface area contributed by atoms with Crippen LogP contribution in [0.1, 0.15) is 46.0 Å². The van der Waals surface area contributed by atoms with E-state index in [9.17, 15) is 4.79 Å². The highest BCUT2D eigenvalue weighted by Gasteiger charge is 2.22. The third kappa shape index (κ3) is 2.44. The molecule has 0 saturated carbocycles. The summed E-state index contributed by atoms with van der Waals surface area (Å²) >= 11 is 0. The first-order valence-corrected chi connectivity index (χ1v) is 6.94. The number of hydrogen-bond donors (Lipinski definition) is 0. The lowest BCUT2D eigenvalue weighted by Gasteiger charge is -2.26. The zero-order valence-corrected chi connectivity index (χ0v) is 11.5. The molecule has 2 aromatic rings. The first-order valence-electron chi connectivity index (χ1n) is 6.94. The molecule has 1 atom stereocenters. The minimum atomic E-state index is 0.0632. The van der Waals surface area contributed by atoms with Gasteiger partial charge in [-0.1, -0.05) is 24.3 Å². The van der Waals surface area contributed by atoms with Crippen LogP contribution >= 0.6 is 0 Å². The predicted molar refractivity (Wildman–Crippen MR) is 77.1 cm³/mol. The van der Waals surface area contributed by atoms with Gasteiger partial charge in [0, 0.05) is 17.3 Å². The lowest BCUT2D eigenvalue weighted by atomic mass is 9.89. The van der Waals surface area contributed by atoms with E-state index in [2.05, 4.69) is 29.2 Å². The molecule has 3 heteroatoms. The molecule has 0 fully saturated rings. The van der Waals surface area contributed by atoms with E-state index in [1.165, 1.54) is 11.1 Å². The van der Waals surface area contributed by atoms with Gasteiger partial charge in [0.05, 0.1) is 0 Å². The maximum Gasteiger partial charge on any atom is 0.216 e. The van der Waals surface area contributed by atoms with Crippen LogP contribution in [0, 0.1) is 6.92 Å². The Balaban J connectivity index is 1.87. The molecule has 0 radical (unpaired) electrons. The van der Waals surface area contributed by atoms with E-state index in [1.807, 2.05) is 13.0 Å². The highest BCUT2D eigenvalue weighted by atomic mass is 16.5. The number of carbonyl (C=O) groups excluding carboxylic acids is 1. The van der Waals surface area contributed by atoms with Crippen molar-refractivity contribution < 1.29 is 9.53 Å². The normalized spacial score (nSPS) is 17.4. The summed E-state index contributed by atoms with van der Waals surface area (Å²) in [5, 5.41) is 0.